The Morgan fingerprint density at radius 3 is 2.54 bits per heavy atom. The van der Waals surface area contributed by atoms with E-state index in [0.717, 1.165) is 18.2 Å². The van der Waals surface area contributed by atoms with Crippen molar-refractivity contribution in [1.82, 2.24) is 5.32 Å². The molecule has 2 N–H and O–H groups in total. The Morgan fingerprint density at radius 2 is 1.75 bits per heavy atom. The number of hydrogen-bond donors (Lipinski definition) is 2. The number of amides is 2. The van der Waals surface area contributed by atoms with Gasteiger partial charge in [-0.05, 0) is 29.8 Å². The van der Waals surface area contributed by atoms with E-state index in [-0.39, 0.29) is 19.0 Å². The molecule has 8 heteroatoms. The molecular weight excluding hydrogens is 322 g/mol. The standard InChI is InChI=1S/C16H12F2N2O4/c17-11-3-2-10(6-12(11)18)20-16(22)15(21)19-7-9-1-4-13-14(5-9)24-8-23-13/h1-6H,7-8H2,(H,19,21)(H,20,22). The van der Waals surface area contributed by atoms with E-state index in [1.165, 1.54) is 0 Å². The first kappa shape index (κ1) is 15.7. The Hall–Kier alpha value is -3.16. The lowest BCUT2D eigenvalue weighted by Gasteiger charge is -2.07. The zero-order valence-corrected chi connectivity index (χ0v) is 12.3. The first-order valence-corrected chi connectivity index (χ1v) is 6.95. The van der Waals surface area contributed by atoms with Crippen molar-refractivity contribution >= 4 is 17.5 Å². The fourth-order valence-corrected chi connectivity index (χ4v) is 2.08. The van der Waals surface area contributed by atoms with E-state index in [4.69, 9.17) is 9.47 Å². The van der Waals surface area contributed by atoms with E-state index in [0.29, 0.717) is 17.1 Å². The number of benzene rings is 2. The van der Waals surface area contributed by atoms with Gasteiger partial charge < -0.3 is 20.1 Å². The number of rotatable bonds is 3. The van der Waals surface area contributed by atoms with Gasteiger partial charge in [-0.15, -0.1) is 0 Å². The second kappa shape index (κ2) is 6.53. The highest BCUT2D eigenvalue weighted by atomic mass is 19.2. The van der Waals surface area contributed by atoms with Crippen molar-refractivity contribution < 1.29 is 27.8 Å². The van der Waals surface area contributed by atoms with Crippen LogP contribution in [0.3, 0.4) is 0 Å². The molecule has 0 spiro atoms. The summed E-state index contributed by atoms with van der Waals surface area (Å²) in [6, 6.07) is 7.91. The van der Waals surface area contributed by atoms with Crippen molar-refractivity contribution in [3.05, 3.63) is 53.6 Å². The minimum absolute atomic E-state index is 0.0165. The number of carbonyl (C=O) groups excluding carboxylic acids is 2. The van der Waals surface area contributed by atoms with Crippen LogP contribution in [0.1, 0.15) is 5.56 Å². The van der Waals surface area contributed by atoms with Crippen LogP contribution in [0.5, 0.6) is 11.5 Å². The van der Waals surface area contributed by atoms with Crippen LogP contribution < -0.4 is 20.1 Å². The molecule has 3 rings (SSSR count). The van der Waals surface area contributed by atoms with Crippen LogP contribution in [0.2, 0.25) is 0 Å². The summed E-state index contributed by atoms with van der Waals surface area (Å²) in [6.45, 7) is 0.239. The Bertz CT molecular complexity index is 811. The molecule has 0 radical (unpaired) electrons. The van der Waals surface area contributed by atoms with Gasteiger partial charge in [0.15, 0.2) is 23.1 Å². The Kier molecular flexibility index (Phi) is 4.28. The van der Waals surface area contributed by atoms with Gasteiger partial charge in [-0.1, -0.05) is 6.07 Å². The molecule has 1 aliphatic heterocycles. The van der Waals surface area contributed by atoms with Gasteiger partial charge in [0.05, 0.1) is 0 Å². The molecule has 0 saturated carbocycles. The summed E-state index contributed by atoms with van der Waals surface area (Å²) in [5.41, 5.74) is 0.699. The van der Waals surface area contributed by atoms with Crippen LogP contribution in [0, 0.1) is 11.6 Å². The number of anilines is 1. The fraction of sp³-hybridized carbons (Fsp3) is 0.125. The van der Waals surface area contributed by atoms with Crippen LogP contribution in [-0.2, 0) is 16.1 Å². The lowest BCUT2D eigenvalue weighted by Crippen LogP contribution is -2.35. The van der Waals surface area contributed by atoms with Gasteiger partial charge in [-0.2, -0.15) is 0 Å². The third-order valence-electron chi connectivity index (χ3n) is 3.27. The molecule has 0 saturated heterocycles. The summed E-state index contributed by atoms with van der Waals surface area (Å²) in [4.78, 5) is 23.5. The molecule has 2 aromatic carbocycles. The topological polar surface area (TPSA) is 76.7 Å². The number of halogens is 2. The molecule has 1 aliphatic rings. The van der Waals surface area contributed by atoms with E-state index >= 15 is 0 Å². The summed E-state index contributed by atoms with van der Waals surface area (Å²) in [5, 5.41) is 4.61. The van der Waals surface area contributed by atoms with Crippen molar-refractivity contribution in [2.45, 2.75) is 6.54 Å². The van der Waals surface area contributed by atoms with E-state index in [1.54, 1.807) is 18.2 Å². The van der Waals surface area contributed by atoms with Crippen molar-refractivity contribution in [1.29, 1.82) is 0 Å². The quantitative estimate of drug-likeness (QED) is 0.841. The normalized spacial score (nSPS) is 11.9. The lowest BCUT2D eigenvalue weighted by atomic mass is 10.2. The van der Waals surface area contributed by atoms with E-state index in [9.17, 15) is 18.4 Å². The van der Waals surface area contributed by atoms with Crippen molar-refractivity contribution in [2.75, 3.05) is 12.1 Å². The zero-order chi connectivity index (χ0) is 17.1. The monoisotopic (exact) mass is 334 g/mol. The molecular formula is C16H12F2N2O4. The van der Waals surface area contributed by atoms with E-state index < -0.39 is 23.4 Å². The van der Waals surface area contributed by atoms with Gasteiger partial charge in [0.25, 0.3) is 0 Å². The predicted octanol–water partition coefficient (Wildman–Crippen LogP) is 1.95. The first-order chi connectivity index (χ1) is 11.5. The molecule has 124 valence electrons. The van der Waals surface area contributed by atoms with Crippen LogP contribution >= 0.6 is 0 Å². The fourth-order valence-electron chi connectivity index (χ4n) is 2.08. The second-order valence-electron chi connectivity index (χ2n) is 4.95. The SMILES string of the molecule is O=C(NCc1ccc2c(c1)OCO2)C(=O)Nc1ccc(F)c(F)c1. The molecule has 0 aliphatic carbocycles. The third-order valence-corrected chi connectivity index (χ3v) is 3.27. The predicted molar refractivity (Wildman–Crippen MR) is 79.4 cm³/mol. The largest absolute Gasteiger partial charge is 0.454 e. The molecule has 0 aromatic heterocycles. The Balaban J connectivity index is 1.56. The molecule has 2 aromatic rings. The van der Waals surface area contributed by atoms with Gasteiger partial charge in [0.1, 0.15) is 0 Å². The highest BCUT2D eigenvalue weighted by Gasteiger charge is 2.16. The number of ether oxygens (including phenoxy) is 2. The molecule has 0 fully saturated rings. The molecule has 0 bridgehead atoms. The van der Waals surface area contributed by atoms with E-state index in [1.807, 2.05) is 0 Å². The molecule has 6 nitrogen and oxygen atoms in total. The molecule has 2 amide bonds. The van der Waals surface area contributed by atoms with Crippen molar-refractivity contribution in [3.8, 4) is 11.5 Å². The second-order valence-corrected chi connectivity index (χ2v) is 4.95. The van der Waals surface area contributed by atoms with E-state index in [2.05, 4.69) is 10.6 Å². The summed E-state index contributed by atoms with van der Waals surface area (Å²) in [5.74, 6) is -2.87. The van der Waals surface area contributed by atoms with Gasteiger partial charge >= 0.3 is 11.8 Å². The molecule has 0 unspecified atom stereocenters. The lowest BCUT2D eigenvalue weighted by molar-refractivity contribution is -0.136. The summed E-state index contributed by atoms with van der Waals surface area (Å²) in [6.07, 6.45) is 0. The van der Waals surface area contributed by atoms with Gasteiger partial charge in [0.2, 0.25) is 6.79 Å². The average Bonchev–Trinajstić information content (AvgIpc) is 3.03. The maximum absolute atomic E-state index is 13.1. The van der Waals surface area contributed by atoms with Crippen molar-refractivity contribution in [3.63, 3.8) is 0 Å². The summed E-state index contributed by atoms with van der Waals surface area (Å²) in [7, 11) is 0. The first-order valence-electron chi connectivity index (χ1n) is 6.95. The average molecular weight is 334 g/mol. The smallest absolute Gasteiger partial charge is 0.313 e. The number of nitrogens with one attached hydrogen (secondary N) is 2. The maximum Gasteiger partial charge on any atom is 0.313 e. The van der Waals surface area contributed by atoms with Gasteiger partial charge in [-0.25, -0.2) is 8.78 Å². The highest BCUT2D eigenvalue weighted by Crippen LogP contribution is 2.32. The highest BCUT2D eigenvalue weighted by molar-refractivity contribution is 6.39. The molecule has 0 atom stereocenters. The molecule has 24 heavy (non-hydrogen) atoms. The van der Waals surface area contributed by atoms with Crippen LogP contribution in [0.4, 0.5) is 14.5 Å². The minimum atomic E-state index is -1.12. The Morgan fingerprint density at radius 1 is 0.958 bits per heavy atom. The van der Waals surface area contributed by atoms with Gasteiger partial charge in [-0.3, -0.25) is 9.59 Å². The van der Waals surface area contributed by atoms with Gasteiger partial charge in [0, 0.05) is 18.3 Å². The number of carbonyl (C=O) groups is 2. The maximum atomic E-state index is 13.1. The van der Waals surface area contributed by atoms with Crippen LogP contribution in [0.15, 0.2) is 36.4 Å². The van der Waals surface area contributed by atoms with Crippen molar-refractivity contribution in [2.24, 2.45) is 0 Å². The summed E-state index contributed by atoms with van der Waals surface area (Å²) < 4.78 is 36.3. The Labute approximate surface area is 135 Å². The number of hydrogen-bond acceptors (Lipinski definition) is 4. The van der Waals surface area contributed by atoms with Crippen LogP contribution in [0.25, 0.3) is 0 Å². The summed E-state index contributed by atoms with van der Waals surface area (Å²) >= 11 is 0. The zero-order valence-electron chi connectivity index (χ0n) is 12.3. The van der Waals surface area contributed by atoms with Crippen LogP contribution in [-0.4, -0.2) is 18.6 Å². The molecule has 1 heterocycles. The minimum Gasteiger partial charge on any atom is -0.454 e. The number of fused-ring (bicyclic) bond motifs is 1. The third kappa shape index (κ3) is 3.43.